The number of benzene rings is 2. The number of rotatable bonds is 5. The molecule has 3 N–H and O–H groups in total. The second-order valence-corrected chi connectivity index (χ2v) is 13.0. The number of aromatic hydroxyl groups is 1. The van der Waals surface area contributed by atoms with Crippen molar-refractivity contribution in [3.8, 4) is 11.5 Å². The van der Waals surface area contributed by atoms with Crippen LogP contribution in [-0.4, -0.2) is 41.6 Å². The number of piperidine rings is 1. The molecule has 9 rings (SSSR count). The van der Waals surface area contributed by atoms with E-state index in [1.165, 1.54) is 24.0 Å². The molecule has 0 amide bonds. The second kappa shape index (κ2) is 6.99. The first-order chi connectivity index (χ1) is 17.8. The summed E-state index contributed by atoms with van der Waals surface area (Å²) < 4.78 is 13.7. The number of methoxy groups -OCH3 is 1. The van der Waals surface area contributed by atoms with Crippen molar-refractivity contribution in [1.82, 2.24) is 5.32 Å². The van der Waals surface area contributed by atoms with Crippen molar-refractivity contribution in [3.05, 3.63) is 70.3 Å². The third kappa shape index (κ3) is 2.40. The first-order valence-corrected chi connectivity index (χ1v) is 14.1. The summed E-state index contributed by atoms with van der Waals surface area (Å²) in [6, 6.07) is 10.5. The van der Waals surface area contributed by atoms with E-state index >= 15 is 0 Å². The van der Waals surface area contributed by atoms with Crippen LogP contribution < -0.4 is 10.1 Å². The first kappa shape index (κ1) is 22.6. The van der Waals surface area contributed by atoms with Crippen molar-refractivity contribution in [2.45, 2.75) is 81.6 Å². The van der Waals surface area contributed by atoms with Gasteiger partial charge in [-0.25, -0.2) is 0 Å². The number of ether oxygens (including phenoxy) is 2. The summed E-state index contributed by atoms with van der Waals surface area (Å²) in [6.07, 6.45) is 9.78. The Balaban J connectivity index is 1.42. The number of aliphatic hydroxyl groups excluding tert-OH is 1. The molecule has 5 aliphatic carbocycles. The summed E-state index contributed by atoms with van der Waals surface area (Å²) in [6.45, 7) is 5.13. The molecule has 4 bridgehead atoms. The zero-order valence-corrected chi connectivity index (χ0v) is 22.0. The maximum atomic E-state index is 12.5. The van der Waals surface area contributed by atoms with E-state index < -0.39 is 17.1 Å². The van der Waals surface area contributed by atoms with Crippen LogP contribution in [0.25, 0.3) is 0 Å². The summed E-state index contributed by atoms with van der Waals surface area (Å²) >= 11 is 0. The van der Waals surface area contributed by atoms with Crippen molar-refractivity contribution in [1.29, 1.82) is 0 Å². The first-order valence-electron chi connectivity index (χ1n) is 14.1. The Kier molecular flexibility index (Phi) is 4.28. The Morgan fingerprint density at radius 3 is 2.78 bits per heavy atom. The van der Waals surface area contributed by atoms with Crippen molar-refractivity contribution in [3.63, 3.8) is 0 Å². The molecule has 5 heteroatoms. The number of fused-ring (bicyclic) bond motifs is 1. The van der Waals surface area contributed by atoms with Crippen LogP contribution in [0.15, 0.2) is 42.5 Å². The van der Waals surface area contributed by atoms with Gasteiger partial charge in [0.25, 0.3) is 0 Å². The summed E-state index contributed by atoms with van der Waals surface area (Å²) in [4.78, 5) is 0. The molecule has 3 unspecified atom stereocenters. The van der Waals surface area contributed by atoms with E-state index in [1.807, 2.05) is 13.2 Å². The molecule has 7 atom stereocenters. The second-order valence-electron chi connectivity index (χ2n) is 13.0. The molecular weight excluding hydrogens is 462 g/mol. The highest BCUT2D eigenvalue weighted by Gasteiger charge is 2.83. The molecule has 0 aromatic heterocycles. The third-order valence-electron chi connectivity index (χ3n) is 11.5. The Hall–Kier alpha value is -2.34. The van der Waals surface area contributed by atoms with Crippen LogP contribution in [0, 0.1) is 30.6 Å². The highest BCUT2D eigenvalue weighted by Crippen LogP contribution is 2.79. The fraction of sp³-hybridized carbons (Fsp3) is 0.562. The van der Waals surface area contributed by atoms with Gasteiger partial charge in [-0.2, -0.15) is 0 Å². The quantitative estimate of drug-likeness (QED) is 0.516. The molecule has 194 valence electrons. The lowest BCUT2D eigenvalue weighted by atomic mass is 9.33. The highest BCUT2D eigenvalue weighted by molar-refractivity contribution is 5.67. The van der Waals surface area contributed by atoms with Crippen LogP contribution in [0.4, 0.5) is 0 Å². The fourth-order valence-corrected chi connectivity index (χ4v) is 9.92. The number of nitrogens with one attached hydrogen (secondary N) is 1. The van der Waals surface area contributed by atoms with Crippen LogP contribution >= 0.6 is 0 Å². The number of hydrogen-bond donors (Lipinski definition) is 3. The minimum Gasteiger partial charge on any atom is -0.504 e. The normalized spacial score (nSPS) is 40.9. The lowest BCUT2D eigenvalue weighted by molar-refractivity contribution is -0.270. The van der Waals surface area contributed by atoms with Gasteiger partial charge in [-0.1, -0.05) is 54.8 Å². The molecule has 5 nitrogen and oxygen atoms in total. The molecule has 0 radical (unpaired) electrons. The number of aliphatic hydroxyl groups is 1. The summed E-state index contributed by atoms with van der Waals surface area (Å²) in [7, 11) is 1.81. The molecule has 2 aromatic rings. The zero-order valence-electron chi connectivity index (χ0n) is 22.0. The minimum absolute atomic E-state index is 0.214. The van der Waals surface area contributed by atoms with Gasteiger partial charge in [0.2, 0.25) is 0 Å². The molecule has 2 heterocycles. The number of phenols is 1. The van der Waals surface area contributed by atoms with Crippen LogP contribution in [0.5, 0.6) is 11.5 Å². The highest BCUT2D eigenvalue weighted by atomic mass is 16.6. The van der Waals surface area contributed by atoms with E-state index in [0.29, 0.717) is 11.7 Å². The summed E-state index contributed by atoms with van der Waals surface area (Å²) in [5.74, 6) is 1.50. The topological polar surface area (TPSA) is 71.0 Å². The van der Waals surface area contributed by atoms with Crippen molar-refractivity contribution >= 4 is 0 Å². The van der Waals surface area contributed by atoms with Gasteiger partial charge in [-0.15, -0.1) is 0 Å². The smallest absolute Gasteiger partial charge is 0.165 e. The average Bonchev–Trinajstić information content (AvgIpc) is 3.62. The molecule has 7 aliphatic rings. The van der Waals surface area contributed by atoms with Gasteiger partial charge < -0.3 is 25.0 Å². The lowest BCUT2D eigenvalue weighted by Gasteiger charge is -2.73. The Morgan fingerprint density at radius 1 is 1.19 bits per heavy atom. The minimum atomic E-state index is -0.809. The van der Waals surface area contributed by atoms with Gasteiger partial charge in [-0.3, -0.25) is 0 Å². The van der Waals surface area contributed by atoms with Crippen molar-refractivity contribution in [2.75, 3.05) is 13.7 Å². The Bertz CT molecular complexity index is 1360. The van der Waals surface area contributed by atoms with E-state index in [9.17, 15) is 10.2 Å². The number of hydrogen-bond acceptors (Lipinski definition) is 5. The Labute approximate surface area is 218 Å². The lowest BCUT2D eigenvalue weighted by Crippen LogP contribution is -2.82. The van der Waals surface area contributed by atoms with Gasteiger partial charge in [0, 0.05) is 29.5 Å². The third-order valence-corrected chi connectivity index (χ3v) is 11.5. The van der Waals surface area contributed by atoms with Crippen LogP contribution in [0.2, 0.25) is 0 Å². The van der Waals surface area contributed by atoms with E-state index in [4.69, 9.17) is 9.47 Å². The molecule has 3 fully saturated rings. The maximum Gasteiger partial charge on any atom is 0.165 e. The van der Waals surface area contributed by atoms with E-state index in [0.717, 1.165) is 48.9 Å². The molecule has 2 aliphatic heterocycles. The zero-order chi connectivity index (χ0) is 25.4. The van der Waals surface area contributed by atoms with E-state index in [1.54, 1.807) is 0 Å². The molecule has 1 saturated heterocycles. The molecule has 2 aromatic carbocycles. The largest absolute Gasteiger partial charge is 0.504 e. The van der Waals surface area contributed by atoms with Crippen molar-refractivity contribution < 1.29 is 19.7 Å². The number of phenolic OH excluding ortho intramolecular Hbond substituents is 1. The van der Waals surface area contributed by atoms with Gasteiger partial charge in [-0.05, 0) is 74.8 Å². The SMILES string of the molecule is CO[C@]12C=CC3(CC1(CC1CC1)[C@@H](O)c1cccc(C)c1)C1Cc4c(C)cc(O)c5c4[C@@]3(CCN1)[C@@H]2O5. The van der Waals surface area contributed by atoms with Gasteiger partial charge in [0.15, 0.2) is 11.5 Å². The van der Waals surface area contributed by atoms with Gasteiger partial charge >= 0.3 is 0 Å². The van der Waals surface area contributed by atoms with Crippen molar-refractivity contribution in [2.24, 2.45) is 16.7 Å². The Morgan fingerprint density at radius 2 is 2.03 bits per heavy atom. The summed E-state index contributed by atoms with van der Waals surface area (Å²) in [5.41, 5.74) is 3.98. The monoisotopic (exact) mass is 499 g/mol. The standard InChI is InChI=1S/C32H37NO4/c1-18-5-4-6-21(13-18)27(35)30(16-20-7-8-20)17-29-9-10-32(30,36-3)28-31(29)11-12-33-24(29)15-22-19(2)14-23(34)26(37-28)25(22)31/h4-6,9-10,13-14,20,24,27-28,33-35H,7-8,11-12,15-17H2,1-3H3/t24?,27-,28-,29?,30?,31-,32-/m0/s1. The molecule has 37 heavy (non-hydrogen) atoms. The molecule has 2 spiro atoms. The molecular formula is C32H37NO4. The average molecular weight is 500 g/mol. The van der Waals surface area contributed by atoms with Crippen LogP contribution in [0.3, 0.4) is 0 Å². The fourth-order valence-electron chi connectivity index (χ4n) is 9.92. The van der Waals surface area contributed by atoms with Crippen LogP contribution in [-0.2, 0) is 16.6 Å². The van der Waals surface area contributed by atoms with E-state index in [2.05, 4.69) is 55.6 Å². The number of aryl methyl sites for hydroxylation is 2. The predicted octanol–water partition coefficient (Wildman–Crippen LogP) is 4.79. The van der Waals surface area contributed by atoms with Gasteiger partial charge in [0.1, 0.15) is 11.7 Å². The molecule has 2 saturated carbocycles. The van der Waals surface area contributed by atoms with Gasteiger partial charge in [0.05, 0.1) is 11.5 Å². The summed E-state index contributed by atoms with van der Waals surface area (Å²) in [5, 5.41) is 27.6. The van der Waals surface area contributed by atoms with E-state index in [-0.39, 0.29) is 28.7 Å². The van der Waals surface area contributed by atoms with Crippen LogP contribution in [0.1, 0.15) is 66.0 Å². The predicted molar refractivity (Wildman–Crippen MR) is 141 cm³/mol. The maximum absolute atomic E-state index is 12.5.